The van der Waals surface area contributed by atoms with E-state index in [1.807, 2.05) is 66.7 Å². The average molecular weight is 519 g/mol. The summed E-state index contributed by atoms with van der Waals surface area (Å²) in [5.74, 6) is 1.44. The Labute approximate surface area is 224 Å². The molecular formula is C32H42O4Si. The highest BCUT2D eigenvalue weighted by Gasteiger charge is 2.40. The van der Waals surface area contributed by atoms with E-state index in [4.69, 9.17) is 13.9 Å². The number of aliphatic hydroxyl groups is 1. The van der Waals surface area contributed by atoms with Gasteiger partial charge in [0.05, 0.1) is 6.10 Å². The molecule has 0 bridgehead atoms. The number of aliphatic hydroxyl groups excluding tert-OH is 1. The molecule has 4 nitrogen and oxygen atoms in total. The largest absolute Gasteiger partial charge is 0.489 e. The Morgan fingerprint density at radius 1 is 0.892 bits per heavy atom. The third-order valence-electron chi connectivity index (χ3n) is 7.01. The molecule has 0 aromatic heterocycles. The van der Waals surface area contributed by atoms with Crippen LogP contribution in [0.15, 0.2) is 85.5 Å². The van der Waals surface area contributed by atoms with Gasteiger partial charge in [-0.1, -0.05) is 87.5 Å². The third kappa shape index (κ3) is 8.06. The number of ether oxygens (including phenoxy) is 2. The normalized spacial score (nSPS) is 12.7. The van der Waals surface area contributed by atoms with Crippen LogP contribution < -0.4 is 9.47 Å². The van der Waals surface area contributed by atoms with Crippen LogP contribution in [-0.4, -0.2) is 20.0 Å². The van der Waals surface area contributed by atoms with E-state index in [-0.39, 0.29) is 17.7 Å². The highest BCUT2D eigenvalue weighted by molar-refractivity contribution is 6.74. The summed E-state index contributed by atoms with van der Waals surface area (Å²) < 4.78 is 19.6. The highest BCUT2D eigenvalue weighted by Crippen LogP contribution is 2.44. The van der Waals surface area contributed by atoms with Crippen molar-refractivity contribution < 1.29 is 19.0 Å². The quantitative estimate of drug-likeness (QED) is 0.184. The van der Waals surface area contributed by atoms with E-state index in [2.05, 4.69) is 52.6 Å². The van der Waals surface area contributed by atoms with Crippen molar-refractivity contribution in [2.75, 3.05) is 6.61 Å². The van der Waals surface area contributed by atoms with Crippen LogP contribution in [0.1, 0.15) is 55.5 Å². The zero-order chi connectivity index (χ0) is 26.9. The van der Waals surface area contributed by atoms with Crippen molar-refractivity contribution in [1.82, 2.24) is 0 Å². The standard InChI is InChI=1S/C32H42O4Si/c1-7-14-29(36-37(5,6)32(2,3)4)31-27(19-20-33)21-28(34-23-25-15-10-8-11-16-25)22-30(31)35-24-26-17-12-9-13-18-26/h7-13,15-18,21-22,29,33H,1,14,19-20,23-24H2,2-6H3. The number of rotatable bonds is 13. The molecule has 3 aromatic rings. The second-order valence-electron chi connectivity index (χ2n) is 10.9. The van der Waals surface area contributed by atoms with Crippen molar-refractivity contribution >= 4 is 8.32 Å². The molecule has 198 valence electrons. The molecule has 0 aliphatic rings. The van der Waals surface area contributed by atoms with Crippen molar-refractivity contribution in [3.8, 4) is 11.5 Å². The van der Waals surface area contributed by atoms with Gasteiger partial charge in [0.2, 0.25) is 0 Å². The van der Waals surface area contributed by atoms with Crippen molar-refractivity contribution in [2.24, 2.45) is 0 Å². The van der Waals surface area contributed by atoms with Crippen molar-refractivity contribution in [1.29, 1.82) is 0 Å². The molecule has 0 aliphatic carbocycles. The van der Waals surface area contributed by atoms with Gasteiger partial charge in [0.15, 0.2) is 8.32 Å². The maximum Gasteiger partial charge on any atom is 0.192 e. The second kappa shape index (κ2) is 13.1. The van der Waals surface area contributed by atoms with Gasteiger partial charge in [-0.3, -0.25) is 0 Å². The molecule has 0 spiro atoms. The molecule has 0 saturated heterocycles. The number of benzene rings is 3. The molecule has 1 unspecified atom stereocenters. The summed E-state index contributed by atoms with van der Waals surface area (Å²) in [4.78, 5) is 0. The van der Waals surface area contributed by atoms with Crippen LogP contribution in [0.4, 0.5) is 0 Å². The van der Waals surface area contributed by atoms with Gasteiger partial charge in [0, 0.05) is 18.2 Å². The van der Waals surface area contributed by atoms with Gasteiger partial charge >= 0.3 is 0 Å². The fourth-order valence-corrected chi connectivity index (χ4v) is 5.22. The topological polar surface area (TPSA) is 47.9 Å². The van der Waals surface area contributed by atoms with E-state index in [1.54, 1.807) is 0 Å². The zero-order valence-corrected chi connectivity index (χ0v) is 24.0. The van der Waals surface area contributed by atoms with Crippen LogP contribution in [0.2, 0.25) is 18.1 Å². The zero-order valence-electron chi connectivity index (χ0n) is 23.0. The first-order chi connectivity index (χ1) is 17.6. The Morgan fingerprint density at radius 3 is 1.97 bits per heavy atom. The number of hydrogen-bond acceptors (Lipinski definition) is 4. The first kappa shape index (κ1) is 28.7. The molecule has 1 N–H and O–H groups in total. The van der Waals surface area contributed by atoms with Crippen LogP contribution in [0.3, 0.4) is 0 Å². The first-order valence-electron chi connectivity index (χ1n) is 13.0. The molecule has 0 amide bonds. The Bertz CT molecular complexity index is 1120. The average Bonchev–Trinajstić information content (AvgIpc) is 2.86. The minimum Gasteiger partial charge on any atom is -0.489 e. The lowest BCUT2D eigenvalue weighted by Gasteiger charge is -2.40. The number of hydrogen-bond donors (Lipinski definition) is 1. The van der Waals surface area contributed by atoms with Gasteiger partial charge in [-0.25, -0.2) is 0 Å². The maximum absolute atomic E-state index is 9.98. The van der Waals surface area contributed by atoms with Crippen molar-refractivity contribution in [3.63, 3.8) is 0 Å². The molecule has 0 aliphatic heterocycles. The lowest BCUT2D eigenvalue weighted by molar-refractivity contribution is 0.177. The Morgan fingerprint density at radius 2 is 1.46 bits per heavy atom. The molecule has 5 heteroatoms. The summed E-state index contributed by atoms with van der Waals surface area (Å²) in [6.45, 7) is 16.2. The molecule has 0 radical (unpaired) electrons. The molecule has 3 rings (SSSR count). The minimum atomic E-state index is -2.11. The van der Waals surface area contributed by atoms with Crippen LogP contribution in [0.25, 0.3) is 0 Å². The maximum atomic E-state index is 9.98. The van der Waals surface area contributed by atoms with Gasteiger partial charge in [-0.2, -0.15) is 0 Å². The van der Waals surface area contributed by atoms with Crippen LogP contribution >= 0.6 is 0 Å². The van der Waals surface area contributed by atoms with E-state index in [0.29, 0.717) is 31.8 Å². The molecule has 37 heavy (non-hydrogen) atoms. The third-order valence-corrected chi connectivity index (χ3v) is 11.5. The van der Waals surface area contributed by atoms with Crippen LogP contribution in [0.5, 0.6) is 11.5 Å². The lowest BCUT2D eigenvalue weighted by Crippen LogP contribution is -2.42. The molecular weight excluding hydrogens is 476 g/mol. The van der Waals surface area contributed by atoms with E-state index in [0.717, 1.165) is 28.0 Å². The van der Waals surface area contributed by atoms with Crippen molar-refractivity contribution in [3.05, 3.63) is 108 Å². The molecule has 0 heterocycles. The second-order valence-corrected chi connectivity index (χ2v) is 15.7. The van der Waals surface area contributed by atoms with Crippen LogP contribution in [0, 0.1) is 0 Å². The summed E-state index contributed by atoms with van der Waals surface area (Å²) in [6.07, 6.45) is 2.81. The Balaban J connectivity index is 2.04. The predicted molar refractivity (Wildman–Crippen MR) is 155 cm³/mol. The van der Waals surface area contributed by atoms with E-state index >= 15 is 0 Å². The summed E-state index contributed by atoms with van der Waals surface area (Å²) >= 11 is 0. The fraction of sp³-hybridized carbons (Fsp3) is 0.375. The van der Waals surface area contributed by atoms with E-state index in [1.165, 1.54) is 0 Å². The van der Waals surface area contributed by atoms with Gasteiger partial charge in [-0.05, 0) is 53.7 Å². The smallest absolute Gasteiger partial charge is 0.192 e. The SMILES string of the molecule is C=CCC(O[Si](C)(C)C(C)(C)C)c1c(CCO)cc(OCc2ccccc2)cc1OCc1ccccc1. The van der Waals surface area contributed by atoms with E-state index < -0.39 is 8.32 Å². The Hall–Kier alpha value is -2.86. The summed E-state index contributed by atoms with van der Waals surface area (Å²) in [7, 11) is -2.11. The van der Waals surface area contributed by atoms with Gasteiger partial charge < -0.3 is 19.0 Å². The lowest BCUT2D eigenvalue weighted by atomic mass is 9.96. The first-order valence-corrected chi connectivity index (χ1v) is 16.0. The summed E-state index contributed by atoms with van der Waals surface area (Å²) in [5.41, 5.74) is 4.12. The van der Waals surface area contributed by atoms with Crippen molar-refractivity contribution in [2.45, 2.75) is 71.1 Å². The predicted octanol–water partition coefficient (Wildman–Crippen LogP) is 8.02. The molecule has 3 aromatic carbocycles. The monoisotopic (exact) mass is 518 g/mol. The summed E-state index contributed by atoms with van der Waals surface area (Å²) in [5, 5.41) is 10.0. The van der Waals surface area contributed by atoms with Gasteiger partial charge in [-0.15, -0.1) is 6.58 Å². The summed E-state index contributed by atoms with van der Waals surface area (Å²) in [6, 6.07) is 24.2. The van der Waals surface area contributed by atoms with Gasteiger partial charge in [0.25, 0.3) is 0 Å². The highest BCUT2D eigenvalue weighted by atomic mass is 28.4. The molecule has 0 fully saturated rings. The Kier molecular flexibility index (Phi) is 10.2. The van der Waals surface area contributed by atoms with E-state index in [9.17, 15) is 5.11 Å². The fourth-order valence-electron chi connectivity index (χ4n) is 3.94. The minimum absolute atomic E-state index is 0.0220. The molecule has 1 atom stereocenters. The van der Waals surface area contributed by atoms with Crippen LogP contribution in [-0.2, 0) is 24.1 Å². The molecule has 0 saturated carbocycles. The van der Waals surface area contributed by atoms with Gasteiger partial charge in [0.1, 0.15) is 24.7 Å².